The molecule has 0 saturated heterocycles. The van der Waals surface area contributed by atoms with Crippen molar-refractivity contribution < 1.29 is 9.53 Å². The number of fused-ring (bicyclic) bond motifs is 1. The number of nitrogens with zero attached hydrogens (tertiary/aromatic N) is 4. The number of amides is 2. The van der Waals surface area contributed by atoms with Crippen molar-refractivity contribution in [2.45, 2.75) is 26.2 Å². The molecule has 0 bridgehead atoms. The van der Waals surface area contributed by atoms with E-state index in [1.807, 2.05) is 36.4 Å². The molecule has 186 valence electrons. The normalized spacial score (nSPS) is 11.3. The Hall–Kier alpha value is -4.99. The number of nitrogens with one attached hydrogen (secondary N) is 3. The fraction of sp³-hybridized carbons (Fsp3) is 0.148. The third kappa shape index (κ3) is 5.32. The van der Waals surface area contributed by atoms with E-state index < -0.39 is 6.03 Å². The molecule has 0 aliphatic heterocycles. The Bertz CT molecular complexity index is 1640. The number of hydrogen-bond donors (Lipinski definition) is 3. The van der Waals surface area contributed by atoms with Crippen molar-refractivity contribution in [1.82, 2.24) is 24.7 Å². The number of H-pyrrole nitrogens is 1. The summed E-state index contributed by atoms with van der Waals surface area (Å²) < 4.78 is 7.68. The van der Waals surface area contributed by atoms with E-state index in [2.05, 4.69) is 46.4 Å². The molecule has 0 spiro atoms. The number of hydrogen-bond acceptors (Lipinski definition) is 6. The van der Waals surface area contributed by atoms with Crippen LogP contribution in [0, 0.1) is 0 Å². The Kier molecular flexibility index (Phi) is 6.14. The molecular formula is C27H25N7O3. The van der Waals surface area contributed by atoms with Gasteiger partial charge in [0.1, 0.15) is 17.1 Å². The molecule has 3 N–H and O–H groups in total. The number of carbonyl (C=O) groups excluding carboxylic acids is 1. The van der Waals surface area contributed by atoms with Gasteiger partial charge >= 0.3 is 6.03 Å². The minimum Gasteiger partial charge on any atom is -0.455 e. The first-order valence-corrected chi connectivity index (χ1v) is 11.6. The zero-order valence-corrected chi connectivity index (χ0v) is 20.5. The lowest BCUT2D eigenvalue weighted by Gasteiger charge is -2.14. The number of para-hydroxylation sites is 1. The van der Waals surface area contributed by atoms with E-state index in [4.69, 9.17) is 9.84 Å². The predicted molar refractivity (Wildman–Crippen MR) is 142 cm³/mol. The van der Waals surface area contributed by atoms with E-state index in [9.17, 15) is 9.59 Å². The lowest BCUT2D eigenvalue weighted by Crippen LogP contribution is -2.21. The van der Waals surface area contributed by atoms with Crippen LogP contribution in [0.4, 0.5) is 16.3 Å². The van der Waals surface area contributed by atoms with Crippen LogP contribution < -0.4 is 20.9 Å². The van der Waals surface area contributed by atoms with Crippen LogP contribution in [0.1, 0.15) is 26.5 Å². The fourth-order valence-corrected chi connectivity index (χ4v) is 3.65. The minimum atomic E-state index is -0.433. The first-order chi connectivity index (χ1) is 17.8. The van der Waals surface area contributed by atoms with Crippen LogP contribution >= 0.6 is 0 Å². The summed E-state index contributed by atoms with van der Waals surface area (Å²) in [5.74, 6) is 1.39. The molecule has 0 radical (unpaired) electrons. The second kappa shape index (κ2) is 9.57. The van der Waals surface area contributed by atoms with E-state index in [-0.39, 0.29) is 11.0 Å². The Labute approximate surface area is 212 Å². The van der Waals surface area contributed by atoms with E-state index in [0.29, 0.717) is 34.2 Å². The summed E-state index contributed by atoms with van der Waals surface area (Å²) in [5.41, 5.74) is 2.38. The minimum absolute atomic E-state index is 0.199. The molecule has 37 heavy (non-hydrogen) atoms. The van der Waals surface area contributed by atoms with Crippen LogP contribution in [-0.2, 0) is 5.41 Å². The highest BCUT2D eigenvalue weighted by Gasteiger charge is 2.21. The van der Waals surface area contributed by atoms with Gasteiger partial charge in [0, 0.05) is 35.5 Å². The monoisotopic (exact) mass is 495 g/mol. The first kappa shape index (κ1) is 23.7. The van der Waals surface area contributed by atoms with Gasteiger partial charge in [-0.05, 0) is 24.3 Å². The highest BCUT2D eigenvalue weighted by molar-refractivity contribution is 5.99. The highest BCUT2D eigenvalue weighted by Crippen LogP contribution is 2.29. The van der Waals surface area contributed by atoms with Gasteiger partial charge in [-0.3, -0.25) is 10.1 Å². The quantitative estimate of drug-likeness (QED) is 0.306. The number of ether oxygens (including phenoxy) is 1. The molecule has 5 rings (SSSR count). The van der Waals surface area contributed by atoms with Crippen LogP contribution in [0.25, 0.3) is 16.9 Å². The third-order valence-corrected chi connectivity index (χ3v) is 5.48. The number of urea groups is 1. The summed E-state index contributed by atoms with van der Waals surface area (Å²) in [5, 5.41) is 10.5. The van der Waals surface area contributed by atoms with Gasteiger partial charge in [0.15, 0.2) is 11.4 Å². The first-order valence-electron chi connectivity index (χ1n) is 11.6. The second-order valence-electron chi connectivity index (χ2n) is 9.38. The van der Waals surface area contributed by atoms with Gasteiger partial charge < -0.3 is 15.0 Å². The zero-order valence-electron chi connectivity index (χ0n) is 20.5. The van der Waals surface area contributed by atoms with Crippen LogP contribution in [0.5, 0.6) is 11.5 Å². The molecule has 0 atom stereocenters. The van der Waals surface area contributed by atoms with Gasteiger partial charge in [-0.15, -0.1) is 0 Å². The van der Waals surface area contributed by atoms with Crippen molar-refractivity contribution in [3.05, 3.63) is 95.2 Å². The molecule has 0 unspecified atom stereocenters. The SMILES string of the molecule is CC(C)(C)c1cc(NC(=O)Nc2cccc(Oc3ccnc4ncc(=O)[nH]c34)c2)n(-c2ccccc2)n1. The Morgan fingerprint density at radius 1 is 0.973 bits per heavy atom. The van der Waals surface area contributed by atoms with E-state index >= 15 is 0 Å². The summed E-state index contributed by atoms with van der Waals surface area (Å²) in [6.07, 6.45) is 2.71. The molecule has 10 nitrogen and oxygen atoms in total. The molecule has 2 amide bonds. The standard InChI is InChI=1S/C27H25N7O3/c1-27(2,3)21-15-22(34(33-21)18-9-5-4-6-10-18)31-26(36)30-17-8-7-11-19(14-17)37-20-12-13-28-25-24(20)32-23(35)16-29-25/h4-16H,1-3H3,(H,32,35)(H2,30,31,36). The molecule has 3 heterocycles. The number of anilines is 2. The molecule has 5 aromatic rings. The smallest absolute Gasteiger partial charge is 0.324 e. The average molecular weight is 496 g/mol. The Balaban J connectivity index is 1.36. The molecule has 10 heteroatoms. The van der Waals surface area contributed by atoms with E-state index in [0.717, 1.165) is 17.6 Å². The molecule has 0 aliphatic carbocycles. The molecule has 0 fully saturated rings. The summed E-state index contributed by atoms with van der Waals surface area (Å²) in [6.45, 7) is 6.20. The topological polar surface area (TPSA) is 127 Å². The zero-order chi connectivity index (χ0) is 26.0. The molecule has 0 aliphatic rings. The van der Waals surface area contributed by atoms with Crippen LogP contribution in [0.3, 0.4) is 0 Å². The highest BCUT2D eigenvalue weighted by atomic mass is 16.5. The number of aromatic amines is 1. The van der Waals surface area contributed by atoms with Crippen molar-refractivity contribution in [3.63, 3.8) is 0 Å². The van der Waals surface area contributed by atoms with Gasteiger partial charge in [0.05, 0.1) is 17.6 Å². The molecular weight excluding hydrogens is 470 g/mol. The second-order valence-corrected chi connectivity index (χ2v) is 9.38. The summed E-state index contributed by atoms with van der Waals surface area (Å²) in [4.78, 5) is 35.5. The molecule has 0 saturated carbocycles. The van der Waals surface area contributed by atoms with Gasteiger partial charge in [-0.25, -0.2) is 19.4 Å². The maximum Gasteiger partial charge on any atom is 0.324 e. The maximum absolute atomic E-state index is 12.9. The van der Waals surface area contributed by atoms with Crippen molar-refractivity contribution in [2.24, 2.45) is 0 Å². The van der Waals surface area contributed by atoms with Crippen LogP contribution in [0.2, 0.25) is 0 Å². The van der Waals surface area contributed by atoms with Crippen molar-refractivity contribution in [2.75, 3.05) is 10.6 Å². The van der Waals surface area contributed by atoms with Gasteiger partial charge in [0.2, 0.25) is 0 Å². The molecule has 2 aromatic carbocycles. The lowest BCUT2D eigenvalue weighted by atomic mass is 9.92. The summed E-state index contributed by atoms with van der Waals surface area (Å²) >= 11 is 0. The van der Waals surface area contributed by atoms with E-state index in [1.165, 1.54) is 0 Å². The van der Waals surface area contributed by atoms with Gasteiger partial charge in [-0.2, -0.15) is 5.10 Å². The van der Waals surface area contributed by atoms with Crippen molar-refractivity contribution >= 4 is 28.7 Å². The Morgan fingerprint density at radius 3 is 2.57 bits per heavy atom. The van der Waals surface area contributed by atoms with Gasteiger partial charge in [-0.1, -0.05) is 45.0 Å². The van der Waals surface area contributed by atoms with Crippen molar-refractivity contribution in [1.29, 1.82) is 0 Å². The average Bonchev–Trinajstić information content (AvgIpc) is 3.29. The largest absolute Gasteiger partial charge is 0.455 e. The number of benzene rings is 2. The van der Waals surface area contributed by atoms with E-state index in [1.54, 1.807) is 41.2 Å². The van der Waals surface area contributed by atoms with Crippen LogP contribution in [-0.4, -0.2) is 30.8 Å². The maximum atomic E-state index is 12.9. The fourth-order valence-electron chi connectivity index (χ4n) is 3.65. The Morgan fingerprint density at radius 2 is 1.78 bits per heavy atom. The number of aromatic nitrogens is 5. The predicted octanol–water partition coefficient (Wildman–Crippen LogP) is 5.24. The van der Waals surface area contributed by atoms with Gasteiger partial charge in [0.25, 0.3) is 5.56 Å². The lowest BCUT2D eigenvalue weighted by molar-refractivity contribution is 0.262. The molecule has 3 aromatic heterocycles. The number of pyridine rings is 1. The third-order valence-electron chi connectivity index (χ3n) is 5.48. The number of rotatable bonds is 5. The summed E-state index contributed by atoms with van der Waals surface area (Å²) in [6, 6.07) is 19.6. The van der Waals surface area contributed by atoms with Crippen LogP contribution in [0.15, 0.2) is 83.9 Å². The summed E-state index contributed by atoms with van der Waals surface area (Å²) in [7, 11) is 0. The van der Waals surface area contributed by atoms with Crippen molar-refractivity contribution in [3.8, 4) is 17.2 Å². The number of carbonyl (C=O) groups is 1.